The fourth-order valence-corrected chi connectivity index (χ4v) is 3.18. The Morgan fingerprint density at radius 3 is 2.59 bits per heavy atom. The molecule has 2 amide bonds. The number of halogens is 3. The van der Waals surface area contributed by atoms with Crippen LogP contribution in [-0.4, -0.2) is 18.4 Å². The number of amides is 2. The Morgan fingerprint density at radius 1 is 1.19 bits per heavy atom. The van der Waals surface area contributed by atoms with E-state index in [1.807, 2.05) is 0 Å². The molecular formula is C20H19F3N2O2. The number of alkyl halides is 1. The zero-order valence-corrected chi connectivity index (χ0v) is 14.9. The van der Waals surface area contributed by atoms with E-state index >= 15 is 0 Å². The highest BCUT2D eigenvalue weighted by Crippen LogP contribution is 2.33. The summed E-state index contributed by atoms with van der Waals surface area (Å²) in [6.45, 7) is 3.03. The summed E-state index contributed by atoms with van der Waals surface area (Å²) in [7, 11) is 0. The molecule has 1 aliphatic heterocycles. The van der Waals surface area contributed by atoms with Gasteiger partial charge in [0.05, 0.1) is 5.69 Å². The van der Waals surface area contributed by atoms with Gasteiger partial charge in [-0.05, 0) is 37.1 Å². The number of rotatable bonds is 4. The van der Waals surface area contributed by atoms with Crippen LogP contribution >= 0.6 is 0 Å². The van der Waals surface area contributed by atoms with Crippen LogP contribution < -0.4 is 10.6 Å². The molecular weight excluding hydrogens is 357 g/mol. The van der Waals surface area contributed by atoms with Crippen molar-refractivity contribution < 1.29 is 22.8 Å². The number of benzene rings is 2. The Balaban J connectivity index is 1.88. The van der Waals surface area contributed by atoms with Crippen molar-refractivity contribution in [1.29, 1.82) is 0 Å². The summed E-state index contributed by atoms with van der Waals surface area (Å²) in [6, 6.07) is 10.0. The van der Waals surface area contributed by atoms with Gasteiger partial charge in [0.2, 0.25) is 11.8 Å². The number of hydrogen-bond acceptors (Lipinski definition) is 2. The van der Waals surface area contributed by atoms with E-state index in [1.165, 1.54) is 26.0 Å². The van der Waals surface area contributed by atoms with Crippen molar-refractivity contribution in [1.82, 2.24) is 5.32 Å². The standard InChI is InChI=1S/C20H19F3N2O2/c1-20(2,23)12-6-3-5-11(9-12)13-10-24-18(26)16(13)19(27)25-15-8-4-7-14(21)17(15)22/h3-9,13,16H,10H2,1-2H3,(H,24,26)(H,25,27). The molecule has 0 radical (unpaired) electrons. The zero-order chi connectivity index (χ0) is 19.8. The molecule has 0 bridgehead atoms. The van der Waals surface area contributed by atoms with Gasteiger partial charge in [-0.25, -0.2) is 13.2 Å². The smallest absolute Gasteiger partial charge is 0.237 e. The number of anilines is 1. The van der Waals surface area contributed by atoms with Crippen molar-refractivity contribution in [2.24, 2.45) is 5.92 Å². The lowest BCUT2D eigenvalue weighted by Crippen LogP contribution is -2.32. The number of nitrogens with one attached hydrogen (secondary N) is 2. The van der Waals surface area contributed by atoms with E-state index in [4.69, 9.17) is 0 Å². The highest BCUT2D eigenvalue weighted by atomic mass is 19.2. The van der Waals surface area contributed by atoms with E-state index in [1.54, 1.807) is 24.3 Å². The van der Waals surface area contributed by atoms with E-state index < -0.39 is 41.0 Å². The lowest BCUT2D eigenvalue weighted by molar-refractivity contribution is -0.130. The van der Waals surface area contributed by atoms with Gasteiger partial charge in [-0.3, -0.25) is 9.59 Å². The van der Waals surface area contributed by atoms with Gasteiger partial charge in [0.15, 0.2) is 11.6 Å². The van der Waals surface area contributed by atoms with E-state index in [-0.39, 0.29) is 12.2 Å². The number of hydrogen-bond donors (Lipinski definition) is 2. The van der Waals surface area contributed by atoms with Crippen LogP contribution in [0, 0.1) is 17.6 Å². The van der Waals surface area contributed by atoms with Crippen LogP contribution in [-0.2, 0) is 15.3 Å². The quantitative estimate of drug-likeness (QED) is 0.801. The normalized spacial score (nSPS) is 19.7. The van der Waals surface area contributed by atoms with E-state index in [0.29, 0.717) is 11.1 Å². The van der Waals surface area contributed by atoms with Crippen LogP contribution in [0.1, 0.15) is 30.9 Å². The Kier molecular flexibility index (Phi) is 4.95. The van der Waals surface area contributed by atoms with E-state index in [0.717, 1.165) is 6.07 Å². The number of carbonyl (C=O) groups is 2. The maximum Gasteiger partial charge on any atom is 0.237 e. The molecule has 2 atom stereocenters. The summed E-state index contributed by atoms with van der Waals surface area (Å²) in [6.07, 6.45) is 0. The summed E-state index contributed by atoms with van der Waals surface area (Å²) < 4.78 is 41.4. The topological polar surface area (TPSA) is 58.2 Å². The van der Waals surface area contributed by atoms with Crippen LogP contribution in [0.5, 0.6) is 0 Å². The second kappa shape index (κ2) is 7.06. The SMILES string of the molecule is CC(C)(F)c1cccc(C2CNC(=O)C2C(=O)Nc2cccc(F)c2F)c1. The third-order valence-electron chi connectivity index (χ3n) is 4.67. The summed E-state index contributed by atoms with van der Waals surface area (Å²) in [5.41, 5.74) is -0.864. The number of carbonyl (C=O) groups excluding carboxylic acids is 2. The Bertz CT molecular complexity index is 893. The molecule has 0 spiro atoms. The fourth-order valence-electron chi connectivity index (χ4n) is 3.18. The fraction of sp³-hybridized carbons (Fsp3) is 0.300. The monoisotopic (exact) mass is 376 g/mol. The van der Waals surface area contributed by atoms with E-state index in [9.17, 15) is 22.8 Å². The van der Waals surface area contributed by atoms with Crippen LogP contribution in [0.4, 0.5) is 18.9 Å². The first-order valence-corrected chi connectivity index (χ1v) is 8.50. The van der Waals surface area contributed by atoms with Gasteiger partial charge in [0.1, 0.15) is 11.6 Å². The molecule has 142 valence electrons. The van der Waals surface area contributed by atoms with Crippen molar-refractivity contribution in [3.05, 3.63) is 65.2 Å². The minimum Gasteiger partial charge on any atom is -0.355 e. The van der Waals surface area contributed by atoms with Crippen molar-refractivity contribution in [3.8, 4) is 0 Å². The molecule has 1 saturated heterocycles. The molecule has 2 aromatic carbocycles. The summed E-state index contributed by atoms with van der Waals surface area (Å²) in [5.74, 6) is -5.23. The van der Waals surface area contributed by atoms with Crippen LogP contribution in [0.2, 0.25) is 0 Å². The summed E-state index contributed by atoms with van der Waals surface area (Å²) in [4.78, 5) is 24.8. The molecule has 0 aliphatic carbocycles. The van der Waals surface area contributed by atoms with E-state index in [2.05, 4.69) is 10.6 Å². The molecule has 2 N–H and O–H groups in total. The Labute approximate surface area is 154 Å². The molecule has 4 nitrogen and oxygen atoms in total. The third kappa shape index (κ3) is 3.82. The molecule has 27 heavy (non-hydrogen) atoms. The van der Waals surface area contributed by atoms with Gasteiger partial charge in [-0.15, -0.1) is 0 Å². The first-order chi connectivity index (χ1) is 12.7. The molecule has 0 aromatic heterocycles. The average Bonchev–Trinajstić information content (AvgIpc) is 3.00. The molecule has 1 heterocycles. The predicted octanol–water partition coefficient (Wildman–Crippen LogP) is 3.64. The highest BCUT2D eigenvalue weighted by Gasteiger charge is 2.41. The minimum absolute atomic E-state index is 0.193. The van der Waals surface area contributed by atoms with Gasteiger partial charge >= 0.3 is 0 Å². The molecule has 0 saturated carbocycles. The second-order valence-corrected chi connectivity index (χ2v) is 7.02. The Hall–Kier alpha value is -2.83. The van der Waals surface area contributed by atoms with Crippen molar-refractivity contribution in [2.75, 3.05) is 11.9 Å². The van der Waals surface area contributed by atoms with Gasteiger partial charge in [-0.2, -0.15) is 0 Å². The van der Waals surface area contributed by atoms with Crippen LogP contribution in [0.25, 0.3) is 0 Å². The van der Waals surface area contributed by atoms with Crippen molar-refractivity contribution in [2.45, 2.75) is 25.4 Å². The van der Waals surface area contributed by atoms with Crippen molar-refractivity contribution in [3.63, 3.8) is 0 Å². The Morgan fingerprint density at radius 2 is 1.89 bits per heavy atom. The maximum atomic E-state index is 14.3. The maximum absolute atomic E-state index is 14.3. The summed E-state index contributed by atoms with van der Waals surface area (Å²) >= 11 is 0. The molecule has 1 fully saturated rings. The molecule has 7 heteroatoms. The van der Waals surface area contributed by atoms with Crippen LogP contribution in [0.3, 0.4) is 0 Å². The highest BCUT2D eigenvalue weighted by molar-refractivity contribution is 6.08. The van der Waals surface area contributed by atoms with Crippen LogP contribution in [0.15, 0.2) is 42.5 Å². The third-order valence-corrected chi connectivity index (χ3v) is 4.67. The van der Waals surface area contributed by atoms with Gasteiger partial charge < -0.3 is 10.6 Å². The molecule has 2 unspecified atom stereocenters. The van der Waals surface area contributed by atoms with Gasteiger partial charge in [0.25, 0.3) is 0 Å². The molecule has 1 aliphatic rings. The average molecular weight is 376 g/mol. The zero-order valence-electron chi connectivity index (χ0n) is 14.9. The first-order valence-electron chi connectivity index (χ1n) is 8.50. The van der Waals surface area contributed by atoms with Gasteiger partial charge in [-0.1, -0.05) is 30.3 Å². The second-order valence-electron chi connectivity index (χ2n) is 7.02. The first kappa shape index (κ1) is 18.9. The summed E-state index contributed by atoms with van der Waals surface area (Å²) in [5, 5.41) is 4.89. The van der Waals surface area contributed by atoms with Crippen molar-refractivity contribution >= 4 is 17.5 Å². The largest absolute Gasteiger partial charge is 0.355 e. The predicted molar refractivity (Wildman–Crippen MR) is 94.8 cm³/mol. The minimum atomic E-state index is -1.57. The lowest BCUT2D eigenvalue weighted by atomic mass is 9.85. The molecule has 3 rings (SSSR count). The lowest BCUT2D eigenvalue weighted by Gasteiger charge is -2.20. The molecule has 2 aromatic rings. The van der Waals surface area contributed by atoms with Gasteiger partial charge in [0, 0.05) is 12.5 Å².